The first kappa shape index (κ1) is 11.7. The Morgan fingerprint density at radius 2 is 2.12 bits per heavy atom. The Morgan fingerprint density at radius 3 is 2.75 bits per heavy atom. The second-order valence-electron chi connectivity index (χ2n) is 4.94. The fraction of sp³-hybridized carbons (Fsp3) is 0.692. The zero-order valence-corrected chi connectivity index (χ0v) is 9.69. The molecule has 0 saturated heterocycles. The van der Waals surface area contributed by atoms with Crippen molar-refractivity contribution in [3.8, 4) is 0 Å². The van der Waals surface area contributed by atoms with Gasteiger partial charge in [-0.3, -0.25) is 5.73 Å². The molecule has 1 aromatic heterocycles. The fourth-order valence-corrected chi connectivity index (χ4v) is 2.55. The zero-order chi connectivity index (χ0) is 11.4. The number of hydrogen-bond donors (Lipinski definition) is 2. The van der Waals surface area contributed by atoms with Crippen LogP contribution in [-0.2, 0) is 5.72 Å². The van der Waals surface area contributed by atoms with Crippen molar-refractivity contribution in [1.29, 1.82) is 0 Å². The van der Waals surface area contributed by atoms with Crippen molar-refractivity contribution in [2.24, 2.45) is 11.7 Å². The molecule has 1 saturated carbocycles. The summed E-state index contributed by atoms with van der Waals surface area (Å²) in [7, 11) is 0. The fourth-order valence-electron chi connectivity index (χ4n) is 2.55. The lowest BCUT2D eigenvalue weighted by molar-refractivity contribution is 0.00503. The van der Waals surface area contributed by atoms with E-state index in [1.807, 2.05) is 0 Å². The Balaban J connectivity index is 1.84. The summed E-state index contributed by atoms with van der Waals surface area (Å²) in [6.07, 6.45) is 9.72. The van der Waals surface area contributed by atoms with Gasteiger partial charge in [0.2, 0.25) is 0 Å². The minimum atomic E-state index is -1.29. The number of aliphatic hydroxyl groups is 1. The van der Waals surface area contributed by atoms with Crippen LogP contribution in [0.5, 0.6) is 0 Å². The summed E-state index contributed by atoms with van der Waals surface area (Å²) in [5.74, 6) is 1.21. The van der Waals surface area contributed by atoms with Crippen molar-refractivity contribution in [2.75, 3.05) is 0 Å². The van der Waals surface area contributed by atoms with Crippen LogP contribution in [-0.4, -0.2) is 5.11 Å². The SMILES string of the molecule is N[C@](O)(CCC1CCCCC1)c1ccco1. The van der Waals surface area contributed by atoms with Crippen molar-refractivity contribution < 1.29 is 9.52 Å². The van der Waals surface area contributed by atoms with Gasteiger partial charge in [0.1, 0.15) is 5.76 Å². The van der Waals surface area contributed by atoms with E-state index in [9.17, 15) is 5.11 Å². The van der Waals surface area contributed by atoms with Gasteiger partial charge >= 0.3 is 0 Å². The first-order valence-electron chi connectivity index (χ1n) is 6.24. The summed E-state index contributed by atoms with van der Waals surface area (Å²) >= 11 is 0. The van der Waals surface area contributed by atoms with Gasteiger partial charge in [-0.05, 0) is 30.9 Å². The highest BCUT2D eigenvalue weighted by atomic mass is 16.4. The van der Waals surface area contributed by atoms with Crippen LogP contribution in [0.25, 0.3) is 0 Å². The van der Waals surface area contributed by atoms with Gasteiger partial charge in [-0.1, -0.05) is 32.1 Å². The molecule has 3 heteroatoms. The number of nitrogens with two attached hydrogens (primary N) is 1. The Hall–Kier alpha value is -0.800. The molecule has 90 valence electrons. The largest absolute Gasteiger partial charge is 0.465 e. The number of furan rings is 1. The molecule has 2 rings (SSSR count). The molecule has 16 heavy (non-hydrogen) atoms. The molecule has 0 spiro atoms. The highest BCUT2D eigenvalue weighted by Crippen LogP contribution is 2.31. The summed E-state index contributed by atoms with van der Waals surface area (Å²) < 4.78 is 5.16. The van der Waals surface area contributed by atoms with E-state index in [0.29, 0.717) is 12.2 Å². The molecule has 3 nitrogen and oxygen atoms in total. The van der Waals surface area contributed by atoms with Crippen molar-refractivity contribution >= 4 is 0 Å². The second kappa shape index (κ2) is 5.02. The Morgan fingerprint density at radius 1 is 1.38 bits per heavy atom. The molecular weight excluding hydrogens is 202 g/mol. The van der Waals surface area contributed by atoms with Crippen LogP contribution in [0, 0.1) is 5.92 Å². The van der Waals surface area contributed by atoms with Gasteiger partial charge < -0.3 is 9.52 Å². The van der Waals surface area contributed by atoms with Crippen molar-refractivity contribution in [3.63, 3.8) is 0 Å². The summed E-state index contributed by atoms with van der Waals surface area (Å²) in [5, 5.41) is 10.1. The average Bonchev–Trinajstić information content (AvgIpc) is 2.82. The highest BCUT2D eigenvalue weighted by molar-refractivity contribution is 5.06. The molecule has 0 aromatic carbocycles. The highest BCUT2D eigenvalue weighted by Gasteiger charge is 2.28. The van der Waals surface area contributed by atoms with Crippen molar-refractivity contribution in [3.05, 3.63) is 24.2 Å². The lowest BCUT2D eigenvalue weighted by Gasteiger charge is -2.26. The predicted octanol–water partition coefficient (Wildman–Crippen LogP) is 2.74. The molecular formula is C13H21NO2. The van der Waals surface area contributed by atoms with Gasteiger partial charge in [0.15, 0.2) is 5.72 Å². The average molecular weight is 223 g/mol. The molecule has 1 atom stereocenters. The molecule has 1 fully saturated rings. The van der Waals surface area contributed by atoms with Crippen LogP contribution in [0.1, 0.15) is 50.7 Å². The van der Waals surface area contributed by atoms with E-state index in [0.717, 1.165) is 12.3 Å². The van der Waals surface area contributed by atoms with Gasteiger partial charge in [0, 0.05) is 0 Å². The maximum absolute atomic E-state index is 10.1. The number of rotatable bonds is 4. The summed E-state index contributed by atoms with van der Waals surface area (Å²) in [5.41, 5.74) is 4.57. The van der Waals surface area contributed by atoms with E-state index in [2.05, 4.69) is 0 Å². The predicted molar refractivity (Wildman–Crippen MR) is 62.6 cm³/mol. The maximum atomic E-state index is 10.1. The van der Waals surface area contributed by atoms with Crippen LogP contribution in [0.15, 0.2) is 22.8 Å². The minimum absolute atomic E-state index is 0.475. The van der Waals surface area contributed by atoms with Gasteiger partial charge in [-0.25, -0.2) is 0 Å². The van der Waals surface area contributed by atoms with Crippen molar-refractivity contribution in [1.82, 2.24) is 0 Å². The van der Waals surface area contributed by atoms with Crippen LogP contribution in [0.3, 0.4) is 0 Å². The van der Waals surface area contributed by atoms with E-state index in [1.165, 1.54) is 32.1 Å². The quantitative estimate of drug-likeness (QED) is 0.772. The standard InChI is InChI=1S/C13H21NO2/c14-13(15,12-7-4-10-16-12)9-8-11-5-2-1-3-6-11/h4,7,10-11,15H,1-3,5-6,8-9,14H2/t13-/m0/s1. The van der Waals surface area contributed by atoms with E-state index in [-0.39, 0.29) is 0 Å². The first-order chi connectivity index (χ1) is 7.68. The zero-order valence-electron chi connectivity index (χ0n) is 9.69. The third-order valence-corrected chi connectivity index (χ3v) is 3.61. The molecule has 0 aliphatic heterocycles. The van der Waals surface area contributed by atoms with Gasteiger partial charge in [0.25, 0.3) is 0 Å². The van der Waals surface area contributed by atoms with E-state index >= 15 is 0 Å². The molecule has 0 bridgehead atoms. The lowest BCUT2D eigenvalue weighted by atomic mass is 9.84. The van der Waals surface area contributed by atoms with Crippen LogP contribution >= 0.6 is 0 Å². The van der Waals surface area contributed by atoms with Crippen LogP contribution in [0.4, 0.5) is 0 Å². The Labute approximate surface area is 96.6 Å². The second-order valence-corrected chi connectivity index (χ2v) is 4.94. The summed E-state index contributed by atoms with van der Waals surface area (Å²) in [6.45, 7) is 0. The molecule has 0 amide bonds. The monoisotopic (exact) mass is 223 g/mol. The molecule has 0 radical (unpaired) electrons. The Kier molecular flexibility index (Phi) is 3.66. The molecule has 1 aromatic rings. The van der Waals surface area contributed by atoms with Gasteiger partial charge in [0.05, 0.1) is 6.26 Å². The minimum Gasteiger partial charge on any atom is -0.465 e. The summed E-state index contributed by atoms with van der Waals surface area (Å²) in [4.78, 5) is 0. The Bertz CT molecular complexity index is 300. The van der Waals surface area contributed by atoms with E-state index in [4.69, 9.17) is 10.2 Å². The maximum Gasteiger partial charge on any atom is 0.172 e. The molecule has 1 heterocycles. The van der Waals surface area contributed by atoms with Gasteiger partial charge in [-0.2, -0.15) is 0 Å². The summed E-state index contributed by atoms with van der Waals surface area (Å²) in [6, 6.07) is 3.49. The third-order valence-electron chi connectivity index (χ3n) is 3.61. The molecule has 0 unspecified atom stereocenters. The molecule has 3 N–H and O–H groups in total. The van der Waals surface area contributed by atoms with E-state index < -0.39 is 5.72 Å². The molecule has 1 aliphatic rings. The lowest BCUT2D eigenvalue weighted by Crippen LogP contribution is -2.36. The van der Waals surface area contributed by atoms with Crippen molar-refractivity contribution in [2.45, 2.75) is 50.7 Å². The van der Waals surface area contributed by atoms with E-state index in [1.54, 1.807) is 18.4 Å². The topological polar surface area (TPSA) is 59.4 Å². The third kappa shape index (κ3) is 2.86. The van der Waals surface area contributed by atoms with Crippen LogP contribution < -0.4 is 5.73 Å². The van der Waals surface area contributed by atoms with Crippen LogP contribution in [0.2, 0.25) is 0 Å². The smallest absolute Gasteiger partial charge is 0.172 e. The first-order valence-corrected chi connectivity index (χ1v) is 6.24. The van der Waals surface area contributed by atoms with Gasteiger partial charge in [-0.15, -0.1) is 0 Å². The number of hydrogen-bond acceptors (Lipinski definition) is 3. The normalized spacial score (nSPS) is 21.9. The molecule has 1 aliphatic carbocycles.